The smallest absolute Gasteiger partial charge is 0.171 e. The van der Waals surface area contributed by atoms with E-state index >= 15 is 0 Å². The van der Waals surface area contributed by atoms with Crippen molar-refractivity contribution in [1.82, 2.24) is 4.90 Å². The van der Waals surface area contributed by atoms with E-state index in [2.05, 4.69) is 33.9 Å². The predicted octanol–water partition coefficient (Wildman–Crippen LogP) is 5.39. The first-order chi connectivity index (χ1) is 13.3. The van der Waals surface area contributed by atoms with Crippen molar-refractivity contribution < 1.29 is 13.2 Å². The van der Waals surface area contributed by atoms with Gasteiger partial charge in [0.25, 0.3) is 0 Å². The quantitative estimate of drug-likeness (QED) is 0.484. The van der Waals surface area contributed by atoms with Crippen molar-refractivity contribution in [3.05, 3.63) is 75.0 Å². The minimum absolute atomic E-state index is 0.448. The minimum atomic E-state index is -3.17. The van der Waals surface area contributed by atoms with Gasteiger partial charge in [0.05, 0.1) is 6.61 Å². The first-order valence-electron chi connectivity index (χ1n) is 9.38. The zero-order valence-electron chi connectivity index (χ0n) is 17.0. The van der Waals surface area contributed by atoms with Crippen LogP contribution < -0.4 is 4.74 Å². The van der Waals surface area contributed by atoms with Crippen LogP contribution in [0.4, 0.5) is 0 Å². The monoisotopic (exact) mass is 419 g/mol. The number of thiophene rings is 1. The van der Waals surface area contributed by atoms with Gasteiger partial charge in [0, 0.05) is 29.9 Å². The molecule has 0 aliphatic carbocycles. The molecule has 28 heavy (non-hydrogen) atoms. The van der Waals surface area contributed by atoms with E-state index in [1.807, 2.05) is 39.0 Å². The lowest BCUT2D eigenvalue weighted by molar-refractivity contribution is 0.328. The van der Waals surface area contributed by atoms with Crippen molar-refractivity contribution in [2.24, 2.45) is 0 Å². The molecule has 0 saturated heterocycles. The number of hydrogen-bond donors (Lipinski definition) is 0. The van der Waals surface area contributed by atoms with Gasteiger partial charge in [-0.3, -0.25) is 0 Å². The number of sulfone groups is 1. The fraction of sp³-hybridized carbons (Fsp3) is 0.364. The van der Waals surface area contributed by atoms with E-state index in [0.717, 1.165) is 24.5 Å². The average Bonchev–Trinajstić information content (AvgIpc) is 3.15. The third kappa shape index (κ3) is 6.84. The Balaban J connectivity index is 2.25. The van der Waals surface area contributed by atoms with Crippen LogP contribution >= 0.6 is 11.3 Å². The first-order valence-corrected chi connectivity index (χ1v) is 12.2. The molecule has 0 saturated carbocycles. The second-order valence-electron chi connectivity index (χ2n) is 6.63. The SMILES string of the molecule is CCOc1ccc(CN(Cc2ccsc2)/C(C)=C/C=C(\CC)S(C)(=O)=O)cc1. The second-order valence-corrected chi connectivity index (χ2v) is 9.48. The molecule has 1 aromatic carbocycles. The van der Waals surface area contributed by atoms with Crippen molar-refractivity contribution in [1.29, 1.82) is 0 Å². The highest BCUT2D eigenvalue weighted by molar-refractivity contribution is 7.94. The molecule has 0 atom stereocenters. The largest absolute Gasteiger partial charge is 0.494 e. The molecule has 0 fully saturated rings. The summed E-state index contributed by atoms with van der Waals surface area (Å²) in [4.78, 5) is 2.70. The van der Waals surface area contributed by atoms with Gasteiger partial charge in [0.15, 0.2) is 9.84 Å². The molecule has 0 aliphatic rings. The molecule has 6 heteroatoms. The lowest BCUT2D eigenvalue weighted by Gasteiger charge is -2.25. The molecular weight excluding hydrogens is 390 g/mol. The number of nitrogens with zero attached hydrogens (tertiary/aromatic N) is 1. The van der Waals surface area contributed by atoms with Gasteiger partial charge in [0.1, 0.15) is 5.75 Å². The van der Waals surface area contributed by atoms with Crippen LogP contribution in [0, 0.1) is 0 Å². The molecule has 1 aromatic heterocycles. The Bertz CT molecular complexity index is 896. The molecule has 2 aromatic rings. The lowest BCUT2D eigenvalue weighted by atomic mass is 10.1. The Kier molecular flexibility index (Phi) is 8.33. The van der Waals surface area contributed by atoms with Crippen LogP contribution in [0.5, 0.6) is 5.75 Å². The molecular formula is C22H29NO3S2. The Hall–Kier alpha value is -2.05. The van der Waals surface area contributed by atoms with E-state index in [-0.39, 0.29) is 0 Å². The molecule has 0 N–H and O–H groups in total. The first kappa shape index (κ1) is 22.2. The summed E-state index contributed by atoms with van der Waals surface area (Å²) in [5, 5.41) is 4.21. The Morgan fingerprint density at radius 3 is 2.29 bits per heavy atom. The topological polar surface area (TPSA) is 46.6 Å². The van der Waals surface area contributed by atoms with E-state index < -0.39 is 9.84 Å². The lowest BCUT2D eigenvalue weighted by Crippen LogP contribution is -2.20. The third-order valence-electron chi connectivity index (χ3n) is 4.40. The highest BCUT2D eigenvalue weighted by Gasteiger charge is 2.11. The van der Waals surface area contributed by atoms with Crippen LogP contribution in [0.1, 0.15) is 38.3 Å². The number of ether oxygens (including phenoxy) is 1. The zero-order chi connectivity index (χ0) is 20.6. The molecule has 0 bridgehead atoms. The normalized spacial score (nSPS) is 12.9. The standard InChI is InChI=1S/C22H29NO3S2/c1-5-22(28(4,24)25)12-7-18(3)23(16-20-13-14-27-17-20)15-19-8-10-21(11-9-19)26-6-2/h7-14,17H,5-6,15-16H2,1-4H3/b18-7+,22-12+. The molecule has 0 amide bonds. The molecule has 0 aliphatic heterocycles. The fourth-order valence-corrected chi connectivity index (χ4v) is 4.31. The minimum Gasteiger partial charge on any atom is -0.494 e. The van der Waals surface area contributed by atoms with Crippen molar-refractivity contribution in [3.8, 4) is 5.75 Å². The van der Waals surface area contributed by atoms with Crippen LogP contribution in [0.25, 0.3) is 0 Å². The van der Waals surface area contributed by atoms with Gasteiger partial charge in [-0.25, -0.2) is 8.42 Å². The average molecular weight is 420 g/mol. The third-order valence-corrected chi connectivity index (χ3v) is 6.50. The zero-order valence-corrected chi connectivity index (χ0v) is 18.6. The molecule has 2 rings (SSSR count). The highest BCUT2D eigenvalue weighted by Crippen LogP contribution is 2.20. The molecule has 1 heterocycles. The molecule has 0 radical (unpaired) electrons. The molecule has 0 spiro atoms. The summed E-state index contributed by atoms with van der Waals surface area (Å²) in [7, 11) is -3.17. The van der Waals surface area contributed by atoms with Crippen molar-refractivity contribution in [3.63, 3.8) is 0 Å². The van der Waals surface area contributed by atoms with E-state index in [4.69, 9.17) is 4.74 Å². The predicted molar refractivity (Wildman–Crippen MR) is 118 cm³/mol. The van der Waals surface area contributed by atoms with Crippen LogP contribution in [0.2, 0.25) is 0 Å². The molecule has 152 valence electrons. The summed E-state index contributed by atoms with van der Waals surface area (Å²) < 4.78 is 29.2. The highest BCUT2D eigenvalue weighted by atomic mass is 32.2. The van der Waals surface area contributed by atoms with Crippen LogP contribution in [0.3, 0.4) is 0 Å². The summed E-state index contributed by atoms with van der Waals surface area (Å²) in [6, 6.07) is 10.2. The van der Waals surface area contributed by atoms with Gasteiger partial charge < -0.3 is 9.64 Å². The Morgan fingerprint density at radius 1 is 1.07 bits per heavy atom. The van der Waals surface area contributed by atoms with Crippen LogP contribution in [-0.4, -0.2) is 26.2 Å². The van der Waals surface area contributed by atoms with Crippen molar-refractivity contribution in [2.75, 3.05) is 12.9 Å². The summed E-state index contributed by atoms with van der Waals surface area (Å²) in [6.45, 7) is 8.01. The van der Waals surface area contributed by atoms with Gasteiger partial charge in [-0.1, -0.05) is 19.1 Å². The van der Waals surface area contributed by atoms with Gasteiger partial charge in [-0.15, -0.1) is 0 Å². The molecule has 0 unspecified atom stereocenters. The summed E-state index contributed by atoms with van der Waals surface area (Å²) in [6.07, 6.45) is 5.38. The van der Waals surface area contributed by atoms with Crippen molar-refractivity contribution >= 4 is 21.2 Å². The van der Waals surface area contributed by atoms with Gasteiger partial charge >= 0.3 is 0 Å². The second kappa shape index (κ2) is 10.5. The van der Waals surface area contributed by atoms with E-state index in [0.29, 0.717) is 17.9 Å². The Labute approximate surface area is 173 Å². The van der Waals surface area contributed by atoms with E-state index in [9.17, 15) is 8.42 Å². The van der Waals surface area contributed by atoms with Gasteiger partial charge in [-0.2, -0.15) is 11.3 Å². The number of rotatable bonds is 10. The maximum atomic E-state index is 11.9. The number of hydrogen-bond acceptors (Lipinski definition) is 5. The van der Waals surface area contributed by atoms with Crippen LogP contribution in [-0.2, 0) is 22.9 Å². The maximum Gasteiger partial charge on any atom is 0.171 e. The van der Waals surface area contributed by atoms with Crippen LogP contribution in [0.15, 0.2) is 63.8 Å². The summed E-state index contributed by atoms with van der Waals surface area (Å²) in [5.74, 6) is 0.867. The van der Waals surface area contributed by atoms with Crippen molar-refractivity contribution in [2.45, 2.75) is 40.3 Å². The van der Waals surface area contributed by atoms with Gasteiger partial charge in [-0.05, 0) is 72.5 Å². The van der Waals surface area contributed by atoms with Gasteiger partial charge in [0.2, 0.25) is 0 Å². The number of benzene rings is 1. The maximum absolute atomic E-state index is 11.9. The van der Waals surface area contributed by atoms with E-state index in [1.54, 1.807) is 17.4 Å². The number of allylic oxidation sites excluding steroid dienone is 4. The molecule has 4 nitrogen and oxygen atoms in total. The summed E-state index contributed by atoms with van der Waals surface area (Å²) in [5.41, 5.74) is 3.44. The summed E-state index contributed by atoms with van der Waals surface area (Å²) >= 11 is 1.68. The van der Waals surface area contributed by atoms with E-state index in [1.165, 1.54) is 17.4 Å². The fourth-order valence-electron chi connectivity index (χ4n) is 2.81. The Morgan fingerprint density at radius 2 is 1.75 bits per heavy atom.